The molecule has 0 saturated heterocycles. The van der Waals surface area contributed by atoms with Crippen molar-refractivity contribution in [1.29, 1.82) is 0 Å². The standard InChI is InChI=1S/C11H16N6/c1-3-4-5-6-17(12-2)11-9-10(14-7-13-9)15-8-16-11/h7-8H,2-6H2,1H3,(H,13,14,15,16). The fraction of sp³-hybridized carbons (Fsp3) is 0.455. The Bertz CT molecular complexity index is 491. The van der Waals surface area contributed by atoms with Crippen LogP contribution in [0.5, 0.6) is 0 Å². The third-order valence-corrected chi connectivity index (χ3v) is 2.59. The summed E-state index contributed by atoms with van der Waals surface area (Å²) in [5, 5.41) is 5.79. The van der Waals surface area contributed by atoms with Crippen molar-refractivity contribution in [2.45, 2.75) is 26.2 Å². The lowest BCUT2D eigenvalue weighted by molar-refractivity contribution is 0.687. The summed E-state index contributed by atoms with van der Waals surface area (Å²) in [4.78, 5) is 15.4. The normalized spacial score (nSPS) is 10.6. The number of aromatic amines is 1. The van der Waals surface area contributed by atoms with Gasteiger partial charge in [0.1, 0.15) is 11.8 Å². The smallest absolute Gasteiger partial charge is 0.182 e. The Hall–Kier alpha value is -1.98. The number of anilines is 1. The first-order chi connectivity index (χ1) is 8.36. The zero-order valence-corrected chi connectivity index (χ0v) is 9.93. The van der Waals surface area contributed by atoms with Crippen LogP contribution in [0.4, 0.5) is 5.82 Å². The predicted octanol–water partition coefficient (Wildman–Crippen LogP) is 1.97. The average molecular weight is 232 g/mol. The van der Waals surface area contributed by atoms with Crippen molar-refractivity contribution in [3.05, 3.63) is 12.7 Å². The van der Waals surface area contributed by atoms with Gasteiger partial charge in [0.05, 0.1) is 6.33 Å². The number of fused-ring (bicyclic) bond motifs is 1. The highest BCUT2D eigenvalue weighted by Gasteiger charge is 2.11. The van der Waals surface area contributed by atoms with Crippen molar-refractivity contribution in [1.82, 2.24) is 19.9 Å². The lowest BCUT2D eigenvalue weighted by Crippen LogP contribution is -2.18. The third kappa shape index (κ3) is 2.41. The Morgan fingerprint density at radius 2 is 2.24 bits per heavy atom. The first-order valence-electron chi connectivity index (χ1n) is 5.75. The first kappa shape index (κ1) is 11.5. The molecule has 0 aromatic carbocycles. The molecule has 0 aliphatic heterocycles. The van der Waals surface area contributed by atoms with Crippen molar-refractivity contribution < 1.29 is 0 Å². The number of unbranched alkanes of at least 4 members (excludes halogenated alkanes) is 2. The van der Waals surface area contributed by atoms with Gasteiger partial charge < -0.3 is 4.98 Å². The first-order valence-corrected chi connectivity index (χ1v) is 5.75. The number of hydrogen-bond donors (Lipinski definition) is 1. The maximum absolute atomic E-state index is 4.24. The minimum absolute atomic E-state index is 0.652. The van der Waals surface area contributed by atoms with E-state index in [1.165, 1.54) is 19.2 Å². The molecule has 0 amide bonds. The molecule has 1 N–H and O–H groups in total. The topological polar surface area (TPSA) is 70.1 Å². The minimum atomic E-state index is 0.652. The van der Waals surface area contributed by atoms with Gasteiger partial charge in [0.15, 0.2) is 11.5 Å². The maximum Gasteiger partial charge on any atom is 0.182 e. The Morgan fingerprint density at radius 3 is 3.00 bits per heavy atom. The van der Waals surface area contributed by atoms with Gasteiger partial charge in [-0.15, -0.1) is 0 Å². The van der Waals surface area contributed by atoms with E-state index in [0.717, 1.165) is 24.3 Å². The molecule has 0 aliphatic carbocycles. The van der Waals surface area contributed by atoms with Gasteiger partial charge in [-0.05, 0) is 6.42 Å². The fourth-order valence-electron chi connectivity index (χ4n) is 1.70. The van der Waals surface area contributed by atoms with Crippen molar-refractivity contribution in [2.24, 2.45) is 5.10 Å². The summed E-state index contributed by atoms with van der Waals surface area (Å²) >= 11 is 0. The summed E-state index contributed by atoms with van der Waals surface area (Å²) in [6.45, 7) is 6.57. The molecule has 2 heterocycles. The molecule has 0 saturated carbocycles. The average Bonchev–Trinajstić information content (AvgIpc) is 2.83. The SMILES string of the molecule is C=NN(CCCCC)c1ncnc2nc[nH]c12. The van der Waals surface area contributed by atoms with Gasteiger partial charge in [-0.3, -0.25) is 0 Å². The molecule has 0 aliphatic rings. The minimum Gasteiger partial charge on any atom is -0.340 e. The molecule has 2 rings (SSSR count). The van der Waals surface area contributed by atoms with Crippen LogP contribution in [0.1, 0.15) is 26.2 Å². The van der Waals surface area contributed by atoms with Gasteiger partial charge in [0.25, 0.3) is 0 Å². The highest BCUT2D eigenvalue weighted by atomic mass is 15.5. The maximum atomic E-state index is 4.24. The zero-order chi connectivity index (χ0) is 12.1. The predicted molar refractivity (Wildman–Crippen MR) is 68.1 cm³/mol. The van der Waals surface area contributed by atoms with Gasteiger partial charge in [-0.1, -0.05) is 19.8 Å². The van der Waals surface area contributed by atoms with E-state index >= 15 is 0 Å². The van der Waals surface area contributed by atoms with Crippen LogP contribution in [-0.2, 0) is 0 Å². The van der Waals surface area contributed by atoms with Crippen molar-refractivity contribution in [2.75, 3.05) is 11.6 Å². The summed E-state index contributed by atoms with van der Waals surface area (Å²) in [6.07, 6.45) is 6.51. The van der Waals surface area contributed by atoms with E-state index in [2.05, 4.69) is 38.7 Å². The molecule has 6 nitrogen and oxygen atoms in total. The number of rotatable bonds is 6. The van der Waals surface area contributed by atoms with E-state index in [4.69, 9.17) is 0 Å². The lowest BCUT2D eigenvalue weighted by Gasteiger charge is -2.17. The van der Waals surface area contributed by atoms with E-state index in [9.17, 15) is 0 Å². The summed E-state index contributed by atoms with van der Waals surface area (Å²) in [5.41, 5.74) is 1.45. The monoisotopic (exact) mass is 232 g/mol. The Morgan fingerprint density at radius 1 is 1.35 bits per heavy atom. The van der Waals surface area contributed by atoms with E-state index in [1.54, 1.807) is 11.3 Å². The molecule has 2 aromatic rings. The number of hydrazone groups is 1. The number of nitrogens with zero attached hydrogens (tertiary/aromatic N) is 5. The molecule has 0 spiro atoms. The third-order valence-electron chi connectivity index (χ3n) is 2.59. The number of imidazole rings is 1. The van der Waals surface area contributed by atoms with Crippen molar-refractivity contribution in [3.63, 3.8) is 0 Å². The van der Waals surface area contributed by atoms with Gasteiger partial charge in [0.2, 0.25) is 0 Å². The van der Waals surface area contributed by atoms with Crippen LogP contribution in [-0.4, -0.2) is 33.2 Å². The van der Waals surface area contributed by atoms with Gasteiger partial charge in [-0.2, -0.15) is 5.10 Å². The Labute approximate surface area is 99.8 Å². The molecule has 0 bridgehead atoms. The van der Waals surface area contributed by atoms with Crippen molar-refractivity contribution in [3.8, 4) is 0 Å². The van der Waals surface area contributed by atoms with Crippen LogP contribution >= 0.6 is 0 Å². The van der Waals surface area contributed by atoms with Crippen LogP contribution in [0.15, 0.2) is 17.8 Å². The van der Waals surface area contributed by atoms with Crippen LogP contribution in [0.25, 0.3) is 11.2 Å². The second-order valence-electron chi connectivity index (χ2n) is 3.77. The molecular formula is C11H16N6. The van der Waals surface area contributed by atoms with Gasteiger partial charge >= 0.3 is 0 Å². The molecule has 17 heavy (non-hydrogen) atoms. The van der Waals surface area contributed by atoms with E-state index in [-0.39, 0.29) is 0 Å². The van der Waals surface area contributed by atoms with Crippen molar-refractivity contribution >= 4 is 23.7 Å². The number of H-pyrrole nitrogens is 1. The lowest BCUT2D eigenvalue weighted by atomic mass is 10.2. The quantitative estimate of drug-likeness (QED) is 0.469. The number of hydrogen-bond acceptors (Lipinski definition) is 5. The second kappa shape index (κ2) is 5.38. The number of aromatic nitrogens is 4. The fourth-order valence-corrected chi connectivity index (χ4v) is 1.70. The second-order valence-corrected chi connectivity index (χ2v) is 3.77. The molecule has 0 atom stereocenters. The van der Waals surface area contributed by atoms with Gasteiger partial charge in [0, 0.05) is 13.3 Å². The molecular weight excluding hydrogens is 216 g/mol. The number of nitrogens with one attached hydrogen (secondary N) is 1. The van der Waals surface area contributed by atoms with E-state index in [0.29, 0.717) is 5.65 Å². The van der Waals surface area contributed by atoms with E-state index in [1.807, 2.05) is 0 Å². The van der Waals surface area contributed by atoms with Crippen LogP contribution in [0.2, 0.25) is 0 Å². The molecule has 6 heteroatoms. The molecule has 90 valence electrons. The van der Waals surface area contributed by atoms with E-state index < -0.39 is 0 Å². The summed E-state index contributed by atoms with van der Waals surface area (Å²) in [5.74, 6) is 0.735. The van der Waals surface area contributed by atoms with Crippen LogP contribution < -0.4 is 5.01 Å². The Balaban J connectivity index is 2.23. The van der Waals surface area contributed by atoms with Gasteiger partial charge in [-0.25, -0.2) is 20.0 Å². The largest absolute Gasteiger partial charge is 0.340 e. The molecule has 2 aromatic heterocycles. The summed E-state index contributed by atoms with van der Waals surface area (Å²) < 4.78 is 0. The molecule has 0 radical (unpaired) electrons. The van der Waals surface area contributed by atoms with Crippen LogP contribution in [0, 0.1) is 0 Å². The zero-order valence-electron chi connectivity index (χ0n) is 9.93. The Kier molecular flexibility index (Phi) is 3.64. The molecule has 0 unspecified atom stereocenters. The summed E-state index contributed by atoms with van der Waals surface area (Å²) in [6, 6.07) is 0. The highest BCUT2D eigenvalue weighted by molar-refractivity contribution is 5.82. The highest BCUT2D eigenvalue weighted by Crippen LogP contribution is 2.20. The van der Waals surface area contributed by atoms with Crippen LogP contribution in [0.3, 0.4) is 0 Å². The molecule has 0 fully saturated rings. The summed E-state index contributed by atoms with van der Waals surface area (Å²) in [7, 11) is 0.